The number of aliphatic imine (C=N–C) groups is 2. The molecular weight excluding hydrogens is 378 g/mol. The van der Waals surface area contributed by atoms with Crippen molar-refractivity contribution in [2.75, 3.05) is 11.9 Å². The standard InChI is InChI=1S/C23H25N5O2/c1-4-14(2)30-18-7-9-24-22(13-18)20-8-10-25-23(28-20)26-17-5-6-19-16(11-17)12-21(27-19)15(3)29/h5-7,9,11-14,27H,4,8,10H2,1-3H3,(H,25,26)/t14-/m1/s1. The lowest BCUT2D eigenvalue weighted by Crippen LogP contribution is -2.20. The maximum atomic E-state index is 11.6. The molecule has 7 heteroatoms. The largest absolute Gasteiger partial charge is 0.491 e. The molecule has 2 N–H and O–H groups in total. The van der Waals surface area contributed by atoms with Crippen LogP contribution in [-0.2, 0) is 0 Å². The molecule has 0 saturated carbocycles. The zero-order valence-corrected chi connectivity index (χ0v) is 17.4. The fraction of sp³-hybridized carbons (Fsp3) is 0.304. The number of benzene rings is 1. The number of hydrogen-bond acceptors (Lipinski definition) is 6. The summed E-state index contributed by atoms with van der Waals surface area (Å²) < 4.78 is 5.91. The molecule has 0 fully saturated rings. The van der Waals surface area contributed by atoms with Gasteiger partial charge in [0.05, 0.1) is 23.2 Å². The van der Waals surface area contributed by atoms with Gasteiger partial charge in [-0.2, -0.15) is 0 Å². The van der Waals surface area contributed by atoms with Crippen LogP contribution in [0.3, 0.4) is 0 Å². The fourth-order valence-corrected chi connectivity index (χ4v) is 3.23. The van der Waals surface area contributed by atoms with Crippen LogP contribution in [0.2, 0.25) is 0 Å². The molecule has 2 aromatic heterocycles. The van der Waals surface area contributed by atoms with Crippen molar-refractivity contribution in [3.63, 3.8) is 0 Å². The molecule has 0 bridgehead atoms. The molecule has 3 aromatic rings. The zero-order chi connectivity index (χ0) is 21.1. The molecule has 30 heavy (non-hydrogen) atoms. The van der Waals surface area contributed by atoms with Crippen LogP contribution in [0.1, 0.15) is 49.8 Å². The number of aromatic amines is 1. The van der Waals surface area contributed by atoms with Gasteiger partial charge in [0.2, 0.25) is 5.96 Å². The van der Waals surface area contributed by atoms with Gasteiger partial charge >= 0.3 is 0 Å². The molecule has 1 aliphatic heterocycles. The SMILES string of the molecule is CC[C@@H](C)Oc1ccnc(C2=NC(Nc3ccc4[nH]c(C(C)=O)cc4c3)=NCC2)c1. The highest BCUT2D eigenvalue weighted by molar-refractivity contribution is 6.11. The average Bonchev–Trinajstić information content (AvgIpc) is 3.18. The van der Waals surface area contributed by atoms with Crippen LogP contribution in [0.4, 0.5) is 5.69 Å². The Morgan fingerprint density at radius 1 is 1.27 bits per heavy atom. The monoisotopic (exact) mass is 403 g/mol. The van der Waals surface area contributed by atoms with Crippen molar-refractivity contribution in [1.82, 2.24) is 9.97 Å². The number of Topliss-reactive ketones (excluding diaryl/α,β-unsaturated/α-hetero) is 1. The maximum absolute atomic E-state index is 11.6. The Hall–Kier alpha value is -3.48. The average molecular weight is 403 g/mol. The summed E-state index contributed by atoms with van der Waals surface area (Å²) in [5.41, 5.74) is 4.06. The van der Waals surface area contributed by atoms with Crippen molar-refractivity contribution in [3.05, 3.63) is 54.0 Å². The van der Waals surface area contributed by atoms with Crippen LogP contribution >= 0.6 is 0 Å². The van der Waals surface area contributed by atoms with Crippen LogP contribution in [0.15, 0.2) is 52.6 Å². The molecule has 1 aromatic carbocycles. The van der Waals surface area contributed by atoms with Crippen molar-refractivity contribution in [1.29, 1.82) is 0 Å². The Labute approximate surface area is 175 Å². The Bertz CT molecular complexity index is 1150. The quantitative estimate of drug-likeness (QED) is 0.588. The van der Waals surface area contributed by atoms with E-state index in [-0.39, 0.29) is 11.9 Å². The first-order valence-electron chi connectivity index (χ1n) is 10.2. The summed E-state index contributed by atoms with van der Waals surface area (Å²) in [6, 6.07) is 11.5. The highest BCUT2D eigenvalue weighted by Crippen LogP contribution is 2.22. The summed E-state index contributed by atoms with van der Waals surface area (Å²) in [7, 11) is 0. The smallest absolute Gasteiger partial charge is 0.222 e. The number of hydrogen-bond donors (Lipinski definition) is 2. The highest BCUT2D eigenvalue weighted by atomic mass is 16.5. The van der Waals surface area contributed by atoms with Gasteiger partial charge in [-0.05, 0) is 43.7 Å². The molecule has 0 radical (unpaired) electrons. The van der Waals surface area contributed by atoms with Gasteiger partial charge < -0.3 is 15.0 Å². The third-order valence-electron chi connectivity index (χ3n) is 5.05. The summed E-state index contributed by atoms with van der Waals surface area (Å²) in [5.74, 6) is 1.36. The van der Waals surface area contributed by atoms with E-state index >= 15 is 0 Å². The molecule has 7 nitrogen and oxygen atoms in total. The van der Waals surface area contributed by atoms with E-state index in [1.807, 2.05) is 43.3 Å². The second-order valence-corrected chi connectivity index (χ2v) is 7.39. The maximum Gasteiger partial charge on any atom is 0.222 e. The molecule has 1 aliphatic rings. The molecule has 154 valence electrons. The Balaban J connectivity index is 1.53. The van der Waals surface area contributed by atoms with E-state index < -0.39 is 0 Å². The first-order valence-corrected chi connectivity index (χ1v) is 10.2. The Kier molecular flexibility index (Phi) is 5.61. The number of anilines is 1. The number of guanidine groups is 1. The number of carbonyl (C=O) groups is 1. The summed E-state index contributed by atoms with van der Waals surface area (Å²) in [4.78, 5) is 28.4. The van der Waals surface area contributed by atoms with Gasteiger partial charge in [-0.15, -0.1) is 0 Å². The minimum absolute atomic E-state index is 0.0126. The number of ketones is 1. The van der Waals surface area contributed by atoms with E-state index in [0.717, 1.165) is 46.6 Å². The molecule has 3 heterocycles. The molecule has 0 spiro atoms. The number of ether oxygens (including phenoxy) is 1. The minimum atomic E-state index is 0.0126. The molecule has 0 aliphatic carbocycles. The lowest BCUT2D eigenvalue weighted by molar-refractivity contribution is 0.101. The van der Waals surface area contributed by atoms with Gasteiger partial charge in [0.1, 0.15) is 5.75 Å². The van der Waals surface area contributed by atoms with Crippen LogP contribution < -0.4 is 10.1 Å². The lowest BCUT2D eigenvalue weighted by atomic mass is 10.1. The number of nitrogens with one attached hydrogen (secondary N) is 2. The number of pyridine rings is 1. The van der Waals surface area contributed by atoms with Gasteiger partial charge in [-0.25, -0.2) is 4.99 Å². The van der Waals surface area contributed by atoms with Crippen molar-refractivity contribution in [2.45, 2.75) is 39.7 Å². The Morgan fingerprint density at radius 2 is 2.13 bits per heavy atom. The van der Waals surface area contributed by atoms with Gasteiger partial charge in [-0.1, -0.05) is 6.92 Å². The predicted octanol–water partition coefficient (Wildman–Crippen LogP) is 4.60. The lowest BCUT2D eigenvalue weighted by Gasteiger charge is -2.15. The number of aromatic nitrogens is 2. The first kappa shape index (κ1) is 19.8. The van der Waals surface area contributed by atoms with E-state index in [1.165, 1.54) is 0 Å². The zero-order valence-electron chi connectivity index (χ0n) is 17.4. The molecule has 0 unspecified atom stereocenters. The van der Waals surface area contributed by atoms with Crippen molar-refractivity contribution in [2.24, 2.45) is 9.98 Å². The van der Waals surface area contributed by atoms with E-state index in [0.29, 0.717) is 18.2 Å². The second-order valence-electron chi connectivity index (χ2n) is 7.39. The van der Waals surface area contributed by atoms with E-state index in [4.69, 9.17) is 4.74 Å². The summed E-state index contributed by atoms with van der Waals surface area (Å²) in [6.07, 6.45) is 3.57. The number of fused-ring (bicyclic) bond motifs is 1. The fourth-order valence-electron chi connectivity index (χ4n) is 3.23. The van der Waals surface area contributed by atoms with Crippen LogP contribution in [-0.4, -0.2) is 40.1 Å². The van der Waals surface area contributed by atoms with Crippen molar-refractivity contribution in [3.8, 4) is 5.75 Å². The normalized spacial score (nSPS) is 14.8. The third kappa shape index (κ3) is 4.40. The highest BCUT2D eigenvalue weighted by Gasteiger charge is 2.14. The van der Waals surface area contributed by atoms with E-state index in [2.05, 4.69) is 32.2 Å². The van der Waals surface area contributed by atoms with E-state index in [9.17, 15) is 4.79 Å². The van der Waals surface area contributed by atoms with Crippen molar-refractivity contribution >= 4 is 34.0 Å². The molecule has 0 saturated heterocycles. The molecular formula is C23H25N5O2. The summed E-state index contributed by atoms with van der Waals surface area (Å²) in [6.45, 7) is 6.33. The number of nitrogens with zero attached hydrogens (tertiary/aromatic N) is 3. The number of carbonyl (C=O) groups excluding carboxylic acids is 1. The first-order chi connectivity index (χ1) is 14.5. The van der Waals surface area contributed by atoms with Crippen LogP contribution in [0, 0.1) is 0 Å². The topological polar surface area (TPSA) is 91.7 Å². The number of rotatable bonds is 6. The number of H-pyrrole nitrogens is 1. The van der Waals surface area contributed by atoms with E-state index in [1.54, 1.807) is 13.1 Å². The van der Waals surface area contributed by atoms with Gasteiger partial charge in [0, 0.05) is 48.7 Å². The van der Waals surface area contributed by atoms with Crippen LogP contribution in [0.5, 0.6) is 5.75 Å². The molecule has 4 rings (SSSR count). The van der Waals surface area contributed by atoms with Crippen LogP contribution in [0.25, 0.3) is 10.9 Å². The molecule has 0 amide bonds. The van der Waals surface area contributed by atoms with Gasteiger partial charge in [0.15, 0.2) is 5.78 Å². The summed E-state index contributed by atoms with van der Waals surface area (Å²) >= 11 is 0. The Morgan fingerprint density at radius 3 is 2.93 bits per heavy atom. The molecule has 1 atom stereocenters. The third-order valence-corrected chi connectivity index (χ3v) is 5.05. The van der Waals surface area contributed by atoms with Gasteiger partial charge in [-0.3, -0.25) is 14.8 Å². The van der Waals surface area contributed by atoms with Crippen molar-refractivity contribution < 1.29 is 9.53 Å². The summed E-state index contributed by atoms with van der Waals surface area (Å²) in [5, 5.41) is 4.23. The van der Waals surface area contributed by atoms with Gasteiger partial charge in [0.25, 0.3) is 0 Å². The minimum Gasteiger partial charge on any atom is -0.491 e. The predicted molar refractivity (Wildman–Crippen MR) is 120 cm³/mol. The second kappa shape index (κ2) is 8.49.